The van der Waals surface area contributed by atoms with Gasteiger partial charge in [-0.25, -0.2) is 10.5 Å². The fourth-order valence-corrected chi connectivity index (χ4v) is 3.51. The lowest BCUT2D eigenvalue weighted by Gasteiger charge is -2.11. The van der Waals surface area contributed by atoms with Crippen LogP contribution in [0.5, 0.6) is 5.75 Å². The number of oxazole rings is 1. The molecule has 1 aliphatic carbocycles. The van der Waals surface area contributed by atoms with E-state index in [-0.39, 0.29) is 0 Å². The molecule has 5 heteroatoms. The molecule has 2 N–H and O–H groups in total. The van der Waals surface area contributed by atoms with E-state index < -0.39 is 0 Å². The Bertz CT molecular complexity index is 890. The Labute approximate surface area is 152 Å². The number of hydrogen-bond donors (Lipinski definition) is 2. The number of hydrogen-bond acceptors (Lipinski definition) is 5. The first kappa shape index (κ1) is 16.8. The summed E-state index contributed by atoms with van der Waals surface area (Å²) >= 11 is 0. The van der Waals surface area contributed by atoms with Crippen molar-refractivity contribution in [2.24, 2.45) is 0 Å². The van der Waals surface area contributed by atoms with Crippen LogP contribution in [0.1, 0.15) is 34.9 Å². The summed E-state index contributed by atoms with van der Waals surface area (Å²) in [6.07, 6.45) is 2.06. The highest BCUT2D eigenvalue weighted by molar-refractivity contribution is 5.53. The quantitative estimate of drug-likeness (QED) is 0.651. The van der Waals surface area contributed by atoms with Gasteiger partial charge in [-0.05, 0) is 61.1 Å². The van der Waals surface area contributed by atoms with Crippen molar-refractivity contribution in [3.8, 4) is 17.2 Å². The van der Waals surface area contributed by atoms with Crippen LogP contribution in [0, 0.1) is 6.92 Å². The molecule has 1 heterocycles. The number of benzene rings is 2. The number of hydroxylamine groups is 1. The van der Waals surface area contributed by atoms with Gasteiger partial charge in [-0.3, -0.25) is 0 Å². The van der Waals surface area contributed by atoms with E-state index in [9.17, 15) is 0 Å². The molecule has 1 aromatic heterocycles. The van der Waals surface area contributed by atoms with Gasteiger partial charge in [0.2, 0.25) is 5.89 Å². The largest absolute Gasteiger partial charge is 0.487 e. The highest BCUT2D eigenvalue weighted by Gasteiger charge is 2.22. The molecule has 134 valence electrons. The second kappa shape index (κ2) is 7.32. The number of fused-ring (bicyclic) bond motifs is 1. The fraction of sp³-hybridized carbons (Fsp3) is 0.286. The van der Waals surface area contributed by atoms with Crippen molar-refractivity contribution in [3.63, 3.8) is 0 Å². The Hall–Kier alpha value is -2.63. The SMILES string of the molecule is Cc1oc(-c2ccccc2)nc1COc1ccc2c(c1)CCC2CNO. The van der Waals surface area contributed by atoms with Crippen LogP contribution in [0.25, 0.3) is 11.5 Å². The van der Waals surface area contributed by atoms with Gasteiger partial charge in [0.1, 0.15) is 23.8 Å². The van der Waals surface area contributed by atoms with E-state index >= 15 is 0 Å². The summed E-state index contributed by atoms with van der Waals surface area (Å²) in [5.41, 5.74) is 6.65. The molecular weight excluding hydrogens is 328 g/mol. The summed E-state index contributed by atoms with van der Waals surface area (Å²) in [6.45, 7) is 2.88. The van der Waals surface area contributed by atoms with Crippen LogP contribution in [0.4, 0.5) is 0 Å². The van der Waals surface area contributed by atoms with Gasteiger partial charge in [0.05, 0.1) is 0 Å². The molecule has 1 atom stereocenters. The van der Waals surface area contributed by atoms with Crippen molar-refractivity contribution in [1.82, 2.24) is 10.5 Å². The van der Waals surface area contributed by atoms with Crippen LogP contribution < -0.4 is 10.2 Å². The number of nitrogens with zero attached hydrogens (tertiary/aromatic N) is 1. The number of aromatic nitrogens is 1. The molecule has 0 amide bonds. The predicted octanol–water partition coefficient (Wildman–Crippen LogP) is 4.24. The molecule has 1 aliphatic rings. The summed E-state index contributed by atoms with van der Waals surface area (Å²) in [5, 5.41) is 8.94. The Morgan fingerprint density at radius 3 is 2.88 bits per heavy atom. The first-order valence-corrected chi connectivity index (χ1v) is 8.89. The Morgan fingerprint density at radius 2 is 2.08 bits per heavy atom. The zero-order valence-corrected chi connectivity index (χ0v) is 14.7. The third-order valence-corrected chi connectivity index (χ3v) is 4.94. The van der Waals surface area contributed by atoms with Gasteiger partial charge in [0.25, 0.3) is 0 Å². The third-order valence-electron chi connectivity index (χ3n) is 4.94. The summed E-state index contributed by atoms with van der Waals surface area (Å²) < 4.78 is 11.7. The highest BCUT2D eigenvalue weighted by atomic mass is 16.5. The van der Waals surface area contributed by atoms with E-state index in [4.69, 9.17) is 14.4 Å². The first-order valence-electron chi connectivity index (χ1n) is 8.89. The molecule has 0 saturated heterocycles. The number of aryl methyl sites for hydroxylation is 2. The Balaban J connectivity index is 1.46. The molecule has 0 radical (unpaired) electrons. The normalized spacial score (nSPS) is 15.8. The van der Waals surface area contributed by atoms with Gasteiger partial charge in [-0.1, -0.05) is 24.3 Å². The van der Waals surface area contributed by atoms with Gasteiger partial charge in [0.15, 0.2) is 0 Å². The minimum absolute atomic E-state index is 0.371. The van der Waals surface area contributed by atoms with E-state index in [0.29, 0.717) is 25.0 Å². The van der Waals surface area contributed by atoms with Crippen molar-refractivity contribution < 1.29 is 14.4 Å². The molecule has 0 aliphatic heterocycles. The predicted molar refractivity (Wildman–Crippen MR) is 98.3 cm³/mol. The average Bonchev–Trinajstić information content (AvgIpc) is 3.24. The number of ether oxygens (including phenoxy) is 1. The summed E-state index contributed by atoms with van der Waals surface area (Å²) in [7, 11) is 0. The smallest absolute Gasteiger partial charge is 0.226 e. The first-order chi connectivity index (χ1) is 12.7. The molecule has 4 rings (SSSR count). The lowest BCUT2D eigenvalue weighted by atomic mass is 10.0. The second-order valence-electron chi connectivity index (χ2n) is 6.64. The lowest BCUT2D eigenvalue weighted by Crippen LogP contribution is -2.15. The number of nitrogens with one attached hydrogen (secondary N) is 1. The summed E-state index contributed by atoms with van der Waals surface area (Å²) in [6, 6.07) is 16.1. The second-order valence-corrected chi connectivity index (χ2v) is 6.64. The van der Waals surface area contributed by atoms with E-state index in [1.807, 2.05) is 43.3 Å². The molecule has 26 heavy (non-hydrogen) atoms. The van der Waals surface area contributed by atoms with Crippen molar-refractivity contribution in [1.29, 1.82) is 0 Å². The standard InChI is InChI=1S/C21H22N2O3/c1-14-20(23-21(26-14)15-5-3-2-4-6-15)13-25-18-9-10-19-16(11-18)7-8-17(19)12-22-24/h2-6,9-11,17,22,24H,7-8,12-13H2,1H3. The zero-order chi connectivity index (χ0) is 17.9. The van der Waals surface area contributed by atoms with Gasteiger partial charge >= 0.3 is 0 Å². The van der Waals surface area contributed by atoms with Crippen molar-refractivity contribution >= 4 is 0 Å². The van der Waals surface area contributed by atoms with Gasteiger partial charge in [-0.15, -0.1) is 0 Å². The van der Waals surface area contributed by atoms with Crippen molar-refractivity contribution in [3.05, 3.63) is 71.1 Å². The fourth-order valence-electron chi connectivity index (χ4n) is 3.51. The molecule has 3 aromatic rings. The Kier molecular flexibility index (Phi) is 4.73. The summed E-state index contributed by atoms with van der Waals surface area (Å²) in [4.78, 5) is 4.58. The molecular formula is C21H22N2O3. The van der Waals surface area contributed by atoms with Crippen LogP contribution in [0.3, 0.4) is 0 Å². The lowest BCUT2D eigenvalue weighted by molar-refractivity contribution is 0.159. The molecule has 5 nitrogen and oxygen atoms in total. The monoisotopic (exact) mass is 350 g/mol. The van der Waals surface area contributed by atoms with E-state index in [2.05, 4.69) is 22.6 Å². The molecule has 0 saturated carbocycles. The van der Waals surface area contributed by atoms with Gasteiger partial charge in [-0.2, -0.15) is 0 Å². The maximum Gasteiger partial charge on any atom is 0.226 e. The Morgan fingerprint density at radius 1 is 1.23 bits per heavy atom. The minimum atomic E-state index is 0.371. The average molecular weight is 350 g/mol. The van der Waals surface area contributed by atoms with Crippen LogP contribution in [0.15, 0.2) is 52.9 Å². The molecule has 0 bridgehead atoms. The number of rotatable bonds is 6. The van der Waals surface area contributed by atoms with Crippen LogP contribution in [0.2, 0.25) is 0 Å². The van der Waals surface area contributed by atoms with Crippen LogP contribution in [-0.2, 0) is 13.0 Å². The van der Waals surface area contributed by atoms with Crippen LogP contribution >= 0.6 is 0 Å². The highest BCUT2D eigenvalue weighted by Crippen LogP contribution is 2.35. The summed E-state index contributed by atoms with van der Waals surface area (Å²) in [5.74, 6) is 2.61. The van der Waals surface area contributed by atoms with Crippen molar-refractivity contribution in [2.45, 2.75) is 32.3 Å². The maximum atomic E-state index is 8.94. The minimum Gasteiger partial charge on any atom is -0.487 e. The van der Waals surface area contributed by atoms with Gasteiger partial charge < -0.3 is 14.4 Å². The van der Waals surface area contributed by atoms with Crippen molar-refractivity contribution in [2.75, 3.05) is 6.54 Å². The molecule has 2 aromatic carbocycles. The van der Waals surface area contributed by atoms with E-state index in [1.54, 1.807) is 0 Å². The maximum absolute atomic E-state index is 8.94. The molecule has 1 unspecified atom stereocenters. The zero-order valence-electron chi connectivity index (χ0n) is 14.7. The third kappa shape index (κ3) is 3.36. The van der Waals surface area contributed by atoms with Crippen LogP contribution in [-0.4, -0.2) is 16.7 Å². The van der Waals surface area contributed by atoms with E-state index in [1.165, 1.54) is 11.1 Å². The van der Waals surface area contributed by atoms with Gasteiger partial charge in [0, 0.05) is 12.1 Å². The topological polar surface area (TPSA) is 67.5 Å². The van der Waals surface area contributed by atoms with E-state index in [0.717, 1.165) is 35.6 Å². The molecule has 0 spiro atoms. The molecule has 0 fully saturated rings.